The lowest BCUT2D eigenvalue weighted by molar-refractivity contribution is -0.917. The van der Waals surface area contributed by atoms with Gasteiger partial charge in [0.25, 0.3) is 0 Å². The predicted molar refractivity (Wildman–Crippen MR) is 109 cm³/mol. The van der Waals surface area contributed by atoms with Gasteiger partial charge in [0.2, 0.25) is 5.13 Å². The molecule has 0 aliphatic rings. The summed E-state index contributed by atoms with van der Waals surface area (Å²) >= 11 is 6.96. The molecule has 3 rings (SSSR count). The van der Waals surface area contributed by atoms with Crippen molar-refractivity contribution in [2.75, 3.05) is 19.5 Å². The second kappa shape index (κ2) is 8.44. The van der Waals surface area contributed by atoms with Crippen LogP contribution in [0.3, 0.4) is 0 Å². The van der Waals surface area contributed by atoms with E-state index in [9.17, 15) is 0 Å². The fourth-order valence-electron chi connectivity index (χ4n) is 2.70. The zero-order chi connectivity index (χ0) is 18.5. The number of nitrogens with one attached hydrogen (secondary N) is 2. The molecular weight excluding hydrogens is 364 g/mol. The van der Waals surface area contributed by atoms with Crippen molar-refractivity contribution >= 4 is 34.4 Å². The van der Waals surface area contributed by atoms with Gasteiger partial charge < -0.3 is 15.0 Å². The van der Waals surface area contributed by atoms with E-state index in [1.54, 1.807) is 7.11 Å². The maximum Gasteiger partial charge on any atom is 0.209 e. The van der Waals surface area contributed by atoms with E-state index in [0.29, 0.717) is 0 Å². The van der Waals surface area contributed by atoms with E-state index in [2.05, 4.69) is 48.7 Å². The summed E-state index contributed by atoms with van der Waals surface area (Å²) in [5.41, 5.74) is 3.63. The second-order valence-electron chi connectivity index (χ2n) is 6.24. The highest BCUT2D eigenvalue weighted by atomic mass is 32.1. The van der Waals surface area contributed by atoms with Crippen LogP contribution >= 0.6 is 23.6 Å². The molecule has 0 saturated carbocycles. The Labute approximate surface area is 162 Å². The molecule has 0 radical (unpaired) electrons. The largest absolute Gasteiger partial charge is 0.497 e. The van der Waals surface area contributed by atoms with Crippen molar-refractivity contribution in [3.8, 4) is 5.75 Å². The molecule has 2 aromatic carbocycles. The molecule has 0 saturated heterocycles. The van der Waals surface area contributed by atoms with Crippen molar-refractivity contribution < 1.29 is 9.64 Å². The lowest BCUT2D eigenvalue weighted by atomic mass is 10.1. The van der Waals surface area contributed by atoms with Crippen LogP contribution in [-0.2, 0) is 13.2 Å². The average Bonchev–Trinajstić information content (AvgIpc) is 2.96. The Morgan fingerprint density at radius 1 is 1.19 bits per heavy atom. The molecule has 26 heavy (non-hydrogen) atoms. The molecule has 3 aromatic rings. The quantitative estimate of drug-likeness (QED) is 0.610. The third-order valence-electron chi connectivity index (χ3n) is 4.12. The molecular formula is C19H23N4OS2+. The number of quaternary nitrogens is 1. The van der Waals surface area contributed by atoms with Crippen LogP contribution in [-0.4, -0.2) is 23.9 Å². The van der Waals surface area contributed by atoms with Gasteiger partial charge in [0.05, 0.1) is 14.2 Å². The number of aryl methyl sites for hydroxylation is 1. The summed E-state index contributed by atoms with van der Waals surface area (Å²) in [6.07, 6.45) is 0. The summed E-state index contributed by atoms with van der Waals surface area (Å²) in [4.78, 5) is 1.33. The van der Waals surface area contributed by atoms with E-state index in [1.165, 1.54) is 27.4 Å². The van der Waals surface area contributed by atoms with Crippen LogP contribution in [0.25, 0.3) is 0 Å². The monoisotopic (exact) mass is 387 g/mol. The number of nitrogens with zero attached hydrogens (tertiary/aromatic N) is 2. The van der Waals surface area contributed by atoms with Crippen LogP contribution in [0.2, 0.25) is 0 Å². The van der Waals surface area contributed by atoms with Crippen LogP contribution in [0.5, 0.6) is 5.75 Å². The Kier molecular flexibility index (Phi) is 6.03. The Balaban J connectivity index is 1.65. The molecule has 1 unspecified atom stereocenters. The number of benzene rings is 2. The van der Waals surface area contributed by atoms with Gasteiger partial charge in [-0.25, -0.2) is 0 Å². The Bertz CT molecular complexity index is 918. The standard InChI is InChI=1S/C19H22N4OS2/c1-14-6-4-5-7-15(14)12-22(2)13-23-19(25)26-18(21-23)20-16-8-10-17(24-3)11-9-16/h4-11H,12-13H2,1-3H3,(H,20,21)/p+1. The van der Waals surface area contributed by atoms with E-state index in [1.807, 2.05) is 28.9 Å². The fraction of sp³-hybridized carbons (Fsp3) is 0.263. The highest BCUT2D eigenvalue weighted by molar-refractivity contribution is 7.73. The molecule has 1 atom stereocenters. The highest BCUT2D eigenvalue weighted by Gasteiger charge is 2.10. The van der Waals surface area contributed by atoms with E-state index in [4.69, 9.17) is 17.0 Å². The summed E-state index contributed by atoms with van der Waals surface area (Å²) in [7, 11) is 3.82. The average molecular weight is 388 g/mol. The predicted octanol–water partition coefficient (Wildman–Crippen LogP) is 3.41. The number of hydrogen-bond acceptors (Lipinski definition) is 5. The van der Waals surface area contributed by atoms with E-state index >= 15 is 0 Å². The summed E-state index contributed by atoms with van der Waals surface area (Å²) < 4.78 is 7.84. The van der Waals surface area contributed by atoms with Crippen LogP contribution in [0.15, 0.2) is 48.5 Å². The van der Waals surface area contributed by atoms with Crippen molar-refractivity contribution in [3.63, 3.8) is 0 Å². The SMILES string of the molecule is COc1ccc(Nc2nn(C[NH+](C)Cc3ccccc3C)c(=S)s2)cc1. The van der Waals surface area contributed by atoms with Crippen LogP contribution in [0, 0.1) is 10.9 Å². The van der Waals surface area contributed by atoms with Crippen LogP contribution in [0.1, 0.15) is 11.1 Å². The Hall–Kier alpha value is -2.22. The number of ether oxygens (including phenoxy) is 1. The number of hydrogen-bond donors (Lipinski definition) is 2. The molecule has 136 valence electrons. The lowest BCUT2D eigenvalue weighted by Gasteiger charge is -2.15. The van der Waals surface area contributed by atoms with E-state index in [0.717, 1.165) is 33.7 Å². The van der Waals surface area contributed by atoms with Crippen molar-refractivity contribution in [2.24, 2.45) is 0 Å². The van der Waals surface area contributed by atoms with Crippen molar-refractivity contribution in [1.82, 2.24) is 9.78 Å². The molecule has 1 aromatic heterocycles. The van der Waals surface area contributed by atoms with Gasteiger partial charge in [0.1, 0.15) is 12.3 Å². The minimum Gasteiger partial charge on any atom is -0.497 e. The first-order chi connectivity index (χ1) is 12.5. The van der Waals surface area contributed by atoms with Gasteiger partial charge in [-0.05, 0) is 49.0 Å². The smallest absolute Gasteiger partial charge is 0.209 e. The summed E-state index contributed by atoms with van der Waals surface area (Å²) in [6, 6.07) is 16.2. The highest BCUT2D eigenvalue weighted by Crippen LogP contribution is 2.22. The van der Waals surface area contributed by atoms with Gasteiger partial charge in [0, 0.05) is 11.3 Å². The lowest BCUT2D eigenvalue weighted by Crippen LogP contribution is -3.07. The van der Waals surface area contributed by atoms with Gasteiger partial charge in [-0.2, -0.15) is 4.68 Å². The maximum absolute atomic E-state index is 5.48. The molecule has 0 aliphatic carbocycles. The molecule has 7 heteroatoms. The Morgan fingerprint density at radius 2 is 1.92 bits per heavy atom. The number of rotatable bonds is 7. The minimum atomic E-state index is 0.730. The first kappa shape index (κ1) is 18.6. The maximum atomic E-state index is 5.48. The van der Waals surface area contributed by atoms with Gasteiger partial charge >= 0.3 is 0 Å². The molecule has 0 fully saturated rings. The molecule has 0 bridgehead atoms. The van der Waals surface area contributed by atoms with Gasteiger partial charge in [-0.3, -0.25) is 0 Å². The third-order valence-corrected chi connectivity index (χ3v) is 5.34. The van der Waals surface area contributed by atoms with Gasteiger partial charge in [-0.1, -0.05) is 35.6 Å². The Morgan fingerprint density at radius 3 is 2.62 bits per heavy atom. The van der Waals surface area contributed by atoms with Gasteiger partial charge in [-0.15, -0.1) is 5.10 Å². The zero-order valence-electron chi connectivity index (χ0n) is 15.2. The number of anilines is 2. The normalized spacial score (nSPS) is 12.0. The summed E-state index contributed by atoms with van der Waals surface area (Å²) in [6.45, 7) is 3.81. The second-order valence-corrected chi connectivity index (χ2v) is 7.87. The topological polar surface area (TPSA) is 43.5 Å². The minimum absolute atomic E-state index is 0.730. The summed E-state index contributed by atoms with van der Waals surface area (Å²) in [5.74, 6) is 0.829. The third kappa shape index (κ3) is 4.69. The van der Waals surface area contributed by atoms with E-state index in [-0.39, 0.29) is 0 Å². The zero-order valence-corrected chi connectivity index (χ0v) is 16.8. The van der Waals surface area contributed by atoms with Crippen molar-refractivity contribution in [2.45, 2.75) is 20.1 Å². The molecule has 0 spiro atoms. The van der Waals surface area contributed by atoms with Crippen molar-refractivity contribution in [1.29, 1.82) is 0 Å². The first-order valence-electron chi connectivity index (χ1n) is 8.40. The van der Waals surface area contributed by atoms with Crippen molar-refractivity contribution in [3.05, 3.63) is 63.6 Å². The fourth-order valence-corrected chi connectivity index (χ4v) is 3.73. The summed E-state index contributed by atoms with van der Waals surface area (Å²) in [5, 5.41) is 8.72. The molecule has 0 amide bonds. The number of methoxy groups -OCH3 is 1. The van der Waals surface area contributed by atoms with Gasteiger partial charge in [0.15, 0.2) is 10.6 Å². The molecule has 5 nitrogen and oxygen atoms in total. The number of aromatic nitrogens is 2. The van der Waals surface area contributed by atoms with E-state index < -0.39 is 0 Å². The first-order valence-corrected chi connectivity index (χ1v) is 9.62. The molecule has 1 heterocycles. The van der Waals surface area contributed by atoms with Crippen LogP contribution < -0.4 is 15.0 Å². The molecule has 0 aliphatic heterocycles. The molecule has 2 N–H and O–H groups in total. The van der Waals surface area contributed by atoms with Crippen LogP contribution in [0.4, 0.5) is 10.8 Å².